The third-order valence-electron chi connectivity index (χ3n) is 9.68. The van der Waals surface area contributed by atoms with Gasteiger partial charge < -0.3 is 18.0 Å². The Bertz CT molecular complexity index is 3020. The van der Waals surface area contributed by atoms with Crippen molar-refractivity contribution >= 4 is 87.5 Å². The average Bonchev–Trinajstić information content (AvgIpc) is 3.86. The molecule has 0 N–H and O–H groups in total. The van der Waals surface area contributed by atoms with Crippen LogP contribution in [0.1, 0.15) is 0 Å². The van der Waals surface area contributed by atoms with E-state index in [1.165, 1.54) is 10.8 Å². The van der Waals surface area contributed by atoms with Crippen molar-refractivity contribution in [1.29, 1.82) is 0 Å². The van der Waals surface area contributed by atoms with Gasteiger partial charge in [-0.2, -0.15) is 0 Å². The summed E-state index contributed by atoms with van der Waals surface area (Å²) in [5.41, 5.74) is 10.4. The third-order valence-corrected chi connectivity index (χ3v) is 9.68. The number of benzene rings is 7. The Hall–Kier alpha value is -6.26. The van der Waals surface area contributed by atoms with E-state index < -0.39 is 0 Å². The molecular weight excluding hydrogens is 564 g/mol. The summed E-state index contributed by atoms with van der Waals surface area (Å²) in [6.45, 7) is 0. The first-order valence-corrected chi connectivity index (χ1v) is 15.6. The molecule has 0 amide bonds. The molecule has 4 heteroatoms. The molecule has 0 spiro atoms. The summed E-state index contributed by atoms with van der Waals surface area (Å²) < 4.78 is 18.0. The highest BCUT2D eigenvalue weighted by Gasteiger charge is 2.27. The van der Waals surface area contributed by atoms with Crippen molar-refractivity contribution < 1.29 is 8.83 Å². The van der Waals surface area contributed by atoms with Crippen LogP contribution in [-0.4, -0.2) is 9.13 Å². The van der Waals surface area contributed by atoms with Crippen LogP contribution in [0.3, 0.4) is 0 Å². The van der Waals surface area contributed by atoms with Gasteiger partial charge in [0.05, 0.1) is 27.5 Å². The maximum atomic E-state index is 6.87. The molecule has 0 aliphatic rings. The van der Waals surface area contributed by atoms with Crippen molar-refractivity contribution in [1.82, 2.24) is 9.13 Å². The summed E-state index contributed by atoms with van der Waals surface area (Å²) in [6, 6.07) is 51.5. The molecule has 4 nitrogen and oxygen atoms in total. The van der Waals surface area contributed by atoms with Crippen molar-refractivity contribution in [3.63, 3.8) is 0 Å². The molecular formula is C42H24N2O2. The van der Waals surface area contributed by atoms with Gasteiger partial charge in [0.15, 0.2) is 0 Å². The Morgan fingerprint density at radius 2 is 0.891 bits per heavy atom. The summed E-state index contributed by atoms with van der Waals surface area (Å²) in [5, 5.41) is 9.18. The van der Waals surface area contributed by atoms with Gasteiger partial charge in [0.25, 0.3) is 0 Å². The molecule has 4 aromatic heterocycles. The molecule has 0 radical (unpaired) electrons. The van der Waals surface area contributed by atoms with Crippen LogP contribution >= 0.6 is 0 Å². The highest BCUT2D eigenvalue weighted by atomic mass is 16.3. The number of hydrogen-bond donors (Lipinski definition) is 0. The zero-order chi connectivity index (χ0) is 29.9. The fraction of sp³-hybridized carbons (Fsp3) is 0. The summed E-state index contributed by atoms with van der Waals surface area (Å²) >= 11 is 0. The highest BCUT2D eigenvalue weighted by molar-refractivity contribution is 6.39. The zero-order valence-corrected chi connectivity index (χ0v) is 24.6. The fourth-order valence-electron chi connectivity index (χ4n) is 7.85. The quantitative estimate of drug-likeness (QED) is 0.201. The van der Waals surface area contributed by atoms with Crippen LogP contribution in [0.4, 0.5) is 0 Å². The van der Waals surface area contributed by atoms with Crippen LogP contribution in [0.2, 0.25) is 0 Å². The standard InChI is InChI=1S/C42H24N2O2/c1-2-12-25(13-3-1)43-32-18-8-4-15-28(32)37-38-30-17-7-11-21-35(30)46-42(38)39-29-16-5-9-19-33(29)44(41(39)40(37)43)26-22-23-36-31(24-26)27-14-6-10-20-34(27)45-36/h1-24H. The van der Waals surface area contributed by atoms with Crippen LogP contribution in [0.5, 0.6) is 0 Å². The second-order valence-electron chi connectivity index (χ2n) is 12.1. The van der Waals surface area contributed by atoms with Crippen LogP contribution < -0.4 is 0 Å². The van der Waals surface area contributed by atoms with Gasteiger partial charge in [-0.05, 0) is 54.6 Å². The van der Waals surface area contributed by atoms with Gasteiger partial charge in [-0.15, -0.1) is 0 Å². The van der Waals surface area contributed by atoms with Crippen LogP contribution in [0.25, 0.3) is 98.9 Å². The monoisotopic (exact) mass is 588 g/mol. The Labute approximate surface area is 261 Å². The van der Waals surface area contributed by atoms with E-state index in [-0.39, 0.29) is 0 Å². The smallest absolute Gasteiger partial charge is 0.146 e. The van der Waals surface area contributed by atoms with Crippen molar-refractivity contribution in [3.05, 3.63) is 146 Å². The molecule has 214 valence electrons. The van der Waals surface area contributed by atoms with E-state index in [0.29, 0.717) is 0 Å². The normalized spacial score (nSPS) is 12.3. The first kappa shape index (κ1) is 24.1. The maximum absolute atomic E-state index is 6.87. The number of furan rings is 2. The second-order valence-corrected chi connectivity index (χ2v) is 12.1. The summed E-state index contributed by atoms with van der Waals surface area (Å²) in [4.78, 5) is 0. The number of para-hydroxylation sites is 5. The SMILES string of the molecule is c1ccc(-n2c3ccccc3c3c4c5ccccc5oc4c4c5ccccc5n(-c5ccc6oc7ccccc7c6c5)c4c32)cc1. The van der Waals surface area contributed by atoms with Crippen molar-refractivity contribution in [2.75, 3.05) is 0 Å². The molecule has 7 aromatic carbocycles. The predicted molar refractivity (Wildman–Crippen MR) is 190 cm³/mol. The lowest BCUT2D eigenvalue weighted by molar-refractivity contribution is 0.669. The molecule has 4 heterocycles. The lowest BCUT2D eigenvalue weighted by Gasteiger charge is -2.13. The molecule has 11 aromatic rings. The largest absolute Gasteiger partial charge is 0.456 e. The van der Waals surface area contributed by atoms with E-state index in [0.717, 1.165) is 88.1 Å². The van der Waals surface area contributed by atoms with Crippen LogP contribution in [0, 0.1) is 0 Å². The molecule has 0 unspecified atom stereocenters. The Morgan fingerprint density at radius 3 is 1.65 bits per heavy atom. The zero-order valence-electron chi connectivity index (χ0n) is 24.6. The van der Waals surface area contributed by atoms with E-state index in [2.05, 4.69) is 143 Å². The number of rotatable bonds is 2. The van der Waals surface area contributed by atoms with Gasteiger partial charge in [-0.1, -0.05) is 91.0 Å². The number of nitrogens with zero attached hydrogens (tertiary/aromatic N) is 2. The van der Waals surface area contributed by atoms with E-state index in [1.54, 1.807) is 0 Å². The molecule has 0 aliphatic carbocycles. The van der Waals surface area contributed by atoms with E-state index >= 15 is 0 Å². The average molecular weight is 589 g/mol. The van der Waals surface area contributed by atoms with E-state index in [9.17, 15) is 0 Å². The van der Waals surface area contributed by atoms with Gasteiger partial charge in [0.1, 0.15) is 22.3 Å². The van der Waals surface area contributed by atoms with Crippen molar-refractivity contribution in [2.45, 2.75) is 0 Å². The van der Waals surface area contributed by atoms with Crippen LogP contribution in [-0.2, 0) is 0 Å². The molecule has 0 bridgehead atoms. The molecule has 0 saturated heterocycles. The number of aromatic nitrogens is 2. The Kier molecular flexibility index (Phi) is 4.55. The number of fused-ring (bicyclic) bond motifs is 15. The predicted octanol–water partition coefficient (Wildman–Crippen LogP) is 11.7. The molecule has 0 aliphatic heterocycles. The van der Waals surface area contributed by atoms with Gasteiger partial charge in [-0.25, -0.2) is 0 Å². The van der Waals surface area contributed by atoms with Gasteiger partial charge in [0.2, 0.25) is 0 Å². The summed E-state index contributed by atoms with van der Waals surface area (Å²) in [7, 11) is 0. The Morgan fingerprint density at radius 1 is 0.348 bits per heavy atom. The molecule has 11 rings (SSSR count). The lowest BCUT2D eigenvalue weighted by atomic mass is 10.0. The fourth-order valence-corrected chi connectivity index (χ4v) is 7.85. The lowest BCUT2D eigenvalue weighted by Crippen LogP contribution is -1.98. The molecule has 0 fully saturated rings. The highest BCUT2D eigenvalue weighted by Crippen LogP contribution is 2.49. The minimum absolute atomic E-state index is 0.883. The van der Waals surface area contributed by atoms with E-state index in [1.807, 2.05) is 12.1 Å². The maximum Gasteiger partial charge on any atom is 0.146 e. The molecule has 0 atom stereocenters. The summed E-state index contributed by atoms with van der Waals surface area (Å²) in [6.07, 6.45) is 0. The van der Waals surface area contributed by atoms with Crippen molar-refractivity contribution in [3.8, 4) is 11.4 Å². The van der Waals surface area contributed by atoms with Gasteiger partial charge >= 0.3 is 0 Å². The first-order valence-electron chi connectivity index (χ1n) is 15.6. The first-order chi connectivity index (χ1) is 22.8. The Balaban J connectivity index is 1.46. The summed E-state index contributed by atoms with van der Waals surface area (Å²) in [5.74, 6) is 0. The topological polar surface area (TPSA) is 36.1 Å². The second kappa shape index (κ2) is 8.68. The number of hydrogen-bond acceptors (Lipinski definition) is 2. The third kappa shape index (κ3) is 2.98. The minimum atomic E-state index is 0.883. The molecule has 0 saturated carbocycles. The van der Waals surface area contributed by atoms with E-state index in [4.69, 9.17) is 8.83 Å². The van der Waals surface area contributed by atoms with Gasteiger partial charge in [-0.3, -0.25) is 0 Å². The minimum Gasteiger partial charge on any atom is -0.456 e. The molecule has 46 heavy (non-hydrogen) atoms. The van der Waals surface area contributed by atoms with Gasteiger partial charge in [0, 0.05) is 49.1 Å². The van der Waals surface area contributed by atoms with Crippen LogP contribution in [0.15, 0.2) is 154 Å². The van der Waals surface area contributed by atoms with Crippen molar-refractivity contribution in [2.24, 2.45) is 0 Å².